The van der Waals surface area contributed by atoms with E-state index in [1.54, 1.807) is 18.5 Å². The van der Waals surface area contributed by atoms with E-state index in [-0.39, 0.29) is 16.9 Å². The van der Waals surface area contributed by atoms with Crippen molar-refractivity contribution in [2.24, 2.45) is 0 Å². The third kappa shape index (κ3) is 4.46. The number of anilines is 3. The van der Waals surface area contributed by atoms with Crippen LogP contribution in [0.2, 0.25) is 5.02 Å². The summed E-state index contributed by atoms with van der Waals surface area (Å²) in [6.07, 6.45) is 4.36. The van der Waals surface area contributed by atoms with Crippen LogP contribution in [0.4, 0.5) is 21.8 Å². The van der Waals surface area contributed by atoms with Gasteiger partial charge in [0.05, 0.1) is 16.4 Å². The summed E-state index contributed by atoms with van der Waals surface area (Å²) in [7, 11) is 0. The molecule has 0 unspecified atom stereocenters. The molecular formula is C19H19ClFN5. The molecule has 0 saturated heterocycles. The number of pyridine rings is 1. The number of hydrogen-bond acceptors (Lipinski definition) is 5. The van der Waals surface area contributed by atoms with Crippen LogP contribution in [0.5, 0.6) is 0 Å². The Balaban J connectivity index is 1.98. The van der Waals surface area contributed by atoms with Crippen LogP contribution in [0.1, 0.15) is 20.3 Å². The first-order valence-corrected chi connectivity index (χ1v) is 8.71. The van der Waals surface area contributed by atoms with E-state index in [0.29, 0.717) is 17.5 Å². The van der Waals surface area contributed by atoms with Crippen LogP contribution >= 0.6 is 11.6 Å². The maximum atomic E-state index is 13.3. The lowest BCUT2D eigenvalue weighted by molar-refractivity contribution is 0.628. The minimum absolute atomic E-state index is 0.227. The van der Waals surface area contributed by atoms with Gasteiger partial charge in [-0.3, -0.25) is 4.98 Å². The van der Waals surface area contributed by atoms with E-state index in [0.717, 1.165) is 17.7 Å². The van der Waals surface area contributed by atoms with Crippen LogP contribution < -0.4 is 10.6 Å². The van der Waals surface area contributed by atoms with Crippen LogP contribution in [0.3, 0.4) is 0 Å². The summed E-state index contributed by atoms with van der Waals surface area (Å²) in [5.74, 6) is 0.681. The van der Waals surface area contributed by atoms with Gasteiger partial charge in [0, 0.05) is 30.1 Å². The molecule has 0 aliphatic heterocycles. The molecule has 0 spiro atoms. The Labute approximate surface area is 156 Å². The van der Waals surface area contributed by atoms with E-state index < -0.39 is 0 Å². The standard InChI is InChI=1S/C19H19ClFN5/c1-3-12(2)23-19-25-17(13-6-8-22-9-7-13)11-18(26-19)24-16-5-4-14(21)10-15(16)20/h4-12H,3H2,1-2H3,(H2,23,24,25,26)/t12-/m0/s1. The second-order valence-electron chi connectivity index (χ2n) is 5.90. The van der Waals surface area contributed by atoms with Gasteiger partial charge in [-0.15, -0.1) is 0 Å². The Bertz CT molecular complexity index is 888. The van der Waals surface area contributed by atoms with Crippen molar-refractivity contribution >= 4 is 29.1 Å². The third-order valence-electron chi connectivity index (χ3n) is 3.88. The van der Waals surface area contributed by atoms with E-state index in [4.69, 9.17) is 11.6 Å². The van der Waals surface area contributed by atoms with Gasteiger partial charge in [-0.25, -0.2) is 9.37 Å². The molecule has 0 bridgehead atoms. The lowest BCUT2D eigenvalue weighted by atomic mass is 10.2. The zero-order valence-corrected chi connectivity index (χ0v) is 15.3. The molecule has 3 rings (SSSR count). The Morgan fingerprint density at radius 1 is 1.12 bits per heavy atom. The smallest absolute Gasteiger partial charge is 0.225 e. The lowest BCUT2D eigenvalue weighted by Gasteiger charge is -2.15. The van der Waals surface area contributed by atoms with Gasteiger partial charge in [-0.1, -0.05) is 18.5 Å². The summed E-state index contributed by atoms with van der Waals surface area (Å²) in [6.45, 7) is 4.15. The fourth-order valence-electron chi connectivity index (χ4n) is 2.30. The van der Waals surface area contributed by atoms with Gasteiger partial charge in [0.15, 0.2) is 0 Å². The molecule has 2 aromatic heterocycles. The zero-order chi connectivity index (χ0) is 18.5. The second kappa shape index (κ2) is 8.10. The van der Waals surface area contributed by atoms with Crippen LogP contribution in [-0.4, -0.2) is 21.0 Å². The van der Waals surface area contributed by atoms with Crippen molar-refractivity contribution in [1.82, 2.24) is 15.0 Å². The Hall–Kier alpha value is -2.73. The molecule has 1 atom stereocenters. The van der Waals surface area contributed by atoms with Crippen molar-refractivity contribution in [2.75, 3.05) is 10.6 Å². The maximum Gasteiger partial charge on any atom is 0.225 e. The average molecular weight is 372 g/mol. The largest absolute Gasteiger partial charge is 0.352 e. The van der Waals surface area contributed by atoms with Gasteiger partial charge in [0.25, 0.3) is 0 Å². The summed E-state index contributed by atoms with van der Waals surface area (Å²) in [5.41, 5.74) is 2.23. The first-order chi connectivity index (χ1) is 12.5. The Kier molecular flexibility index (Phi) is 5.63. The van der Waals surface area contributed by atoms with Crippen LogP contribution in [0.15, 0.2) is 48.8 Å². The number of nitrogens with one attached hydrogen (secondary N) is 2. The van der Waals surface area contributed by atoms with Gasteiger partial charge >= 0.3 is 0 Å². The quantitative estimate of drug-likeness (QED) is 0.616. The lowest BCUT2D eigenvalue weighted by Crippen LogP contribution is -2.16. The minimum Gasteiger partial charge on any atom is -0.352 e. The highest BCUT2D eigenvalue weighted by Crippen LogP contribution is 2.28. The van der Waals surface area contributed by atoms with Crippen molar-refractivity contribution in [1.29, 1.82) is 0 Å². The van der Waals surface area contributed by atoms with E-state index in [1.165, 1.54) is 12.1 Å². The van der Waals surface area contributed by atoms with Crippen LogP contribution in [0, 0.1) is 5.82 Å². The first-order valence-electron chi connectivity index (χ1n) is 8.33. The van der Waals surface area contributed by atoms with Crippen molar-refractivity contribution in [3.05, 3.63) is 59.6 Å². The van der Waals surface area contributed by atoms with E-state index in [2.05, 4.69) is 39.4 Å². The van der Waals surface area contributed by atoms with E-state index in [1.807, 2.05) is 18.2 Å². The van der Waals surface area contributed by atoms with Crippen molar-refractivity contribution < 1.29 is 4.39 Å². The molecule has 0 saturated carbocycles. The number of hydrogen-bond donors (Lipinski definition) is 2. The van der Waals surface area contributed by atoms with Crippen LogP contribution in [-0.2, 0) is 0 Å². The molecule has 2 heterocycles. The van der Waals surface area contributed by atoms with Crippen molar-refractivity contribution in [3.63, 3.8) is 0 Å². The number of rotatable bonds is 6. The fourth-order valence-corrected chi connectivity index (χ4v) is 2.51. The van der Waals surface area contributed by atoms with E-state index in [9.17, 15) is 4.39 Å². The molecule has 0 aliphatic rings. The number of halogens is 2. The van der Waals surface area contributed by atoms with Gasteiger partial charge in [-0.05, 0) is 43.7 Å². The molecule has 0 aliphatic carbocycles. The summed E-state index contributed by atoms with van der Waals surface area (Å²) in [4.78, 5) is 13.1. The third-order valence-corrected chi connectivity index (χ3v) is 4.20. The molecule has 0 radical (unpaired) electrons. The topological polar surface area (TPSA) is 62.7 Å². The molecular weight excluding hydrogens is 353 g/mol. The van der Waals surface area contributed by atoms with E-state index >= 15 is 0 Å². The predicted octanol–water partition coefficient (Wildman–Crippen LogP) is 5.29. The Morgan fingerprint density at radius 3 is 2.58 bits per heavy atom. The highest BCUT2D eigenvalue weighted by molar-refractivity contribution is 6.33. The predicted molar refractivity (Wildman–Crippen MR) is 103 cm³/mol. The van der Waals surface area contributed by atoms with Crippen molar-refractivity contribution in [3.8, 4) is 11.3 Å². The highest BCUT2D eigenvalue weighted by Gasteiger charge is 2.10. The molecule has 134 valence electrons. The fraction of sp³-hybridized carbons (Fsp3) is 0.211. The highest BCUT2D eigenvalue weighted by atomic mass is 35.5. The molecule has 0 amide bonds. The number of nitrogens with zero attached hydrogens (tertiary/aromatic N) is 3. The molecule has 1 aromatic carbocycles. The van der Waals surface area contributed by atoms with Gasteiger partial charge in [-0.2, -0.15) is 4.98 Å². The molecule has 7 heteroatoms. The normalized spacial score (nSPS) is 11.8. The summed E-state index contributed by atoms with van der Waals surface area (Å²) in [6, 6.07) is 9.98. The molecule has 5 nitrogen and oxygen atoms in total. The second-order valence-corrected chi connectivity index (χ2v) is 6.31. The molecule has 0 fully saturated rings. The summed E-state index contributed by atoms with van der Waals surface area (Å²) >= 11 is 6.11. The number of aromatic nitrogens is 3. The maximum absolute atomic E-state index is 13.3. The molecule has 26 heavy (non-hydrogen) atoms. The summed E-state index contributed by atoms with van der Waals surface area (Å²) < 4.78 is 13.3. The monoisotopic (exact) mass is 371 g/mol. The Morgan fingerprint density at radius 2 is 1.88 bits per heavy atom. The molecule has 3 aromatic rings. The SMILES string of the molecule is CC[C@H](C)Nc1nc(Nc2ccc(F)cc2Cl)cc(-c2ccncc2)n1. The summed E-state index contributed by atoms with van der Waals surface area (Å²) in [5, 5.41) is 6.70. The average Bonchev–Trinajstić information content (AvgIpc) is 2.64. The van der Waals surface area contributed by atoms with Crippen LogP contribution in [0.25, 0.3) is 11.3 Å². The van der Waals surface area contributed by atoms with Gasteiger partial charge < -0.3 is 10.6 Å². The van der Waals surface area contributed by atoms with Crippen molar-refractivity contribution in [2.45, 2.75) is 26.3 Å². The van der Waals surface area contributed by atoms with Gasteiger partial charge in [0.1, 0.15) is 11.6 Å². The first kappa shape index (κ1) is 18.1. The zero-order valence-electron chi connectivity index (χ0n) is 14.5. The minimum atomic E-state index is -0.389. The molecule has 2 N–H and O–H groups in total. The number of benzene rings is 1. The van der Waals surface area contributed by atoms with Gasteiger partial charge in [0.2, 0.25) is 5.95 Å².